The summed E-state index contributed by atoms with van der Waals surface area (Å²) in [5.74, 6) is 2.65. The molecule has 0 N–H and O–H groups in total. The molecule has 0 amide bonds. The molecule has 0 aromatic heterocycles. The highest BCUT2D eigenvalue weighted by Crippen LogP contribution is 2.26. The molecule has 0 rings (SSSR count). The Morgan fingerprint density at radius 2 is 1.09 bits per heavy atom. The lowest BCUT2D eigenvalue weighted by Crippen LogP contribution is -2.19. The van der Waals surface area contributed by atoms with Crippen LogP contribution in [0.3, 0.4) is 0 Å². The minimum absolute atomic E-state index is 0.0270. The molecule has 0 unspecified atom stereocenters. The predicted octanol–water partition coefficient (Wildman–Crippen LogP) is 7.74. The van der Waals surface area contributed by atoms with E-state index in [4.69, 9.17) is 4.74 Å². The second-order valence-electron chi connectivity index (χ2n) is 8.74. The van der Waals surface area contributed by atoms with Crippen LogP contribution >= 0.6 is 21.6 Å². The summed E-state index contributed by atoms with van der Waals surface area (Å²) in [4.78, 5) is 0. The van der Waals surface area contributed by atoms with Crippen LogP contribution in [0.4, 0.5) is 0 Å². The minimum Gasteiger partial charge on any atom is -0.376 e. The summed E-state index contributed by atoms with van der Waals surface area (Å²) in [5, 5.41) is 0. The largest absolute Gasteiger partial charge is 0.376 e. The fraction of sp³-hybridized carbons (Fsp3) is 1.00. The molecular formula is C20H42OS2. The summed E-state index contributed by atoms with van der Waals surface area (Å²) < 4.78 is 5.74. The van der Waals surface area contributed by atoms with Crippen molar-refractivity contribution in [3.8, 4) is 0 Å². The van der Waals surface area contributed by atoms with Gasteiger partial charge in [-0.1, -0.05) is 74.5 Å². The predicted molar refractivity (Wildman–Crippen MR) is 112 cm³/mol. The Hall–Kier alpha value is 0.660. The Morgan fingerprint density at radius 3 is 1.57 bits per heavy atom. The molecule has 0 aliphatic heterocycles. The maximum absolute atomic E-state index is 5.74. The third-order valence-electron chi connectivity index (χ3n) is 3.64. The minimum atomic E-state index is 0.0270. The van der Waals surface area contributed by atoms with Crippen molar-refractivity contribution in [3.63, 3.8) is 0 Å². The van der Waals surface area contributed by atoms with Crippen LogP contribution < -0.4 is 0 Å². The van der Waals surface area contributed by atoms with Crippen molar-refractivity contribution < 1.29 is 4.74 Å². The Balaban J connectivity index is 3.08. The zero-order valence-electron chi connectivity index (χ0n) is 16.7. The number of rotatable bonds is 14. The molecule has 0 radical (unpaired) electrons. The average Bonchev–Trinajstić information content (AvgIpc) is 2.40. The Morgan fingerprint density at radius 1 is 0.609 bits per heavy atom. The first-order valence-electron chi connectivity index (χ1n) is 9.59. The van der Waals surface area contributed by atoms with Crippen molar-refractivity contribution in [1.29, 1.82) is 0 Å². The molecule has 0 aromatic carbocycles. The second-order valence-corrected chi connectivity index (χ2v) is 11.4. The fourth-order valence-corrected chi connectivity index (χ4v) is 4.58. The van der Waals surface area contributed by atoms with Gasteiger partial charge in [-0.2, -0.15) is 0 Å². The molecule has 0 bridgehead atoms. The Labute approximate surface area is 154 Å². The molecule has 0 aromatic rings. The lowest BCUT2D eigenvalue weighted by atomic mass is 9.89. The first kappa shape index (κ1) is 23.7. The summed E-state index contributed by atoms with van der Waals surface area (Å²) in [5.41, 5.74) is 0.544. The van der Waals surface area contributed by atoms with E-state index in [1.165, 1.54) is 69.3 Å². The monoisotopic (exact) mass is 362 g/mol. The van der Waals surface area contributed by atoms with Gasteiger partial charge >= 0.3 is 0 Å². The van der Waals surface area contributed by atoms with E-state index in [2.05, 4.69) is 63.1 Å². The Bertz CT molecular complexity index is 227. The van der Waals surface area contributed by atoms with Gasteiger partial charge in [0.05, 0.1) is 5.60 Å². The third-order valence-corrected chi connectivity index (χ3v) is 6.22. The molecule has 1 nitrogen and oxygen atoms in total. The molecule has 0 saturated heterocycles. The summed E-state index contributed by atoms with van der Waals surface area (Å²) in [6.07, 6.45) is 12.2. The smallest absolute Gasteiger partial charge is 0.0598 e. The third kappa shape index (κ3) is 22.7. The van der Waals surface area contributed by atoms with Crippen molar-refractivity contribution in [2.45, 2.75) is 105 Å². The molecule has 0 atom stereocenters. The fourth-order valence-electron chi connectivity index (χ4n) is 2.28. The van der Waals surface area contributed by atoms with Crippen LogP contribution in [0.2, 0.25) is 0 Å². The maximum atomic E-state index is 5.74. The molecular weight excluding hydrogens is 320 g/mol. The van der Waals surface area contributed by atoms with E-state index in [0.717, 1.165) is 6.61 Å². The van der Waals surface area contributed by atoms with Crippen LogP contribution in [-0.2, 0) is 4.74 Å². The van der Waals surface area contributed by atoms with Gasteiger partial charge in [-0.25, -0.2) is 0 Å². The molecule has 0 spiro atoms. The van der Waals surface area contributed by atoms with Crippen molar-refractivity contribution >= 4 is 21.6 Å². The van der Waals surface area contributed by atoms with E-state index in [1.807, 2.05) is 0 Å². The number of hydrogen-bond acceptors (Lipinski definition) is 3. The van der Waals surface area contributed by atoms with Gasteiger partial charge < -0.3 is 4.74 Å². The summed E-state index contributed by atoms with van der Waals surface area (Å²) in [7, 11) is 4.16. The highest BCUT2D eigenvalue weighted by molar-refractivity contribution is 8.76. The second kappa shape index (κ2) is 13.9. The van der Waals surface area contributed by atoms with E-state index in [9.17, 15) is 0 Å². The van der Waals surface area contributed by atoms with Gasteiger partial charge in [-0.3, -0.25) is 0 Å². The van der Waals surface area contributed by atoms with Gasteiger partial charge in [-0.05, 0) is 51.9 Å². The van der Waals surface area contributed by atoms with Gasteiger partial charge in [0, 0.05) is 18.1 Å². The first-order chi connectivity index (χ1) is 10.7. The lowest BCUT2D eigenvalue weighted by molar-refractivity contribution is -0.00470. The van der Waals surface area contributed by atoms with E-state index in [0.29, 0.717) is 5.41 Å². The molecule has 0 fully saturated rings. The SMILES string of the molecule is CC(C)(C)CCCCCCSSCCCCCCOC(C)(C)C. The normalized spacial score (nSPS) is 12.8. The first-order valence-corrected chi connectivity index (χ1v) is 12.1. The topological polar surface area (TPSA) is 9.23 Å². The van der Waals surface area contributed by atoms with Gasteiger partial charge in [0.2, 0.25) is 0 Å². The van der Waals surface area contributed by atoms with E-state index in [-0.39, 0.29) is 5.60 Å². The van der Waals surface area contributed by atoms with Gasteiger partial charge in [0.15, 0.2) is 0 Å². The molecule has 0 aliphatic carbocycles. The van der Waals surface area contributed by atoms with Crippen molar-refractivity contribution in [1.82, 2.24) is 0 Å². The quantitative estimate of drug-likeness (QED) is 0.231. The Kier molecular flexibility index (Phi) is 14.3. The zero-order chi connectivity index (χ0) is 17.6. The highest BCUT2D eigenvalue weighted by Gasteiger charge is 2.09. The van der Waals surface area contributed by atoms with Crippen LogP contribution in [0.1, 0.15) is 99.3 Å². The lowest BCUT2D eigenvalue weighted by Gasteiger charge is -2.19. The van der Waals surface area contributed by atoms with Crippen LogP contribution in [0.5, 0.6) is 0 Å². The van der Waals surface area contributed by atoms with Crippen LogP contribution in [0, 0.1) is 5.41 Å². The van der Waals surface area contributed by atoms with Crippen LogP contribution in [0.15, 0.2) is 0 Å². The standard InChI is InChI=1S/C20H42OS2/c1-19(2,3)15-11-7-9-13-17-22-23-18-14-10-8-12-16-21-20(4,5)6/h7-18H2,1-6H3. The molecule has 0 heterocycles. The number of hydrogen-bond donors (Lipinski definition) is 0. The summed E-state index contributed by atoms with van der Waals surface area (Å²) in [6, 6.07) is 0. The highest BCUT2D eigenvalue weighted by atomic mass is 33.1. The average molecular weight is 363 g/mol. The van der Waals surface area contributed by atoms with Crippen molar-refractivity contribution in [3.05, 3.63) is 0 Å². The molecule has 23 heavy (non-hydrogen) atoms. The van der Waals surface area contributed by atoms with E-state index < -0.39 is 0 Å². The molecule has 3 heteroatoms. The van der Waals surface area contributed by atoms with Gasteiger partial charge in [0.1, 0.15) is 0 Å². The van der Waals surface area contributed by atoms with Crippen LogP contribution in [-0.4, -0.2) is 23.7 Å². The molecule has 0 aliphatic rings. The van der Waals surface area contributed by atoms with E-state index >= 15 is 0 Å². The zero-order valence-corrected chi connectivity index (χ0v) is 18.3. The van der Waals surface area contributed by atoms with Gasteiger partial charge in [-0.15, -0.1) is 0 Å². The van der Waals surface area contributed by atoms with Gasteiger partial charge in [0.25, 0.3) is 0 Å². The van der Waals surface area contributed by atoms with Crippen molar-refractivity contribution in [2.24, 2.45) is 5.41 Å². The summed E-state index contributed by atoms with van der Waals surface area (Å²) >= 11 is 0. The number of ether oxygens (including phenoxy) is 1. The molecule has 140 valence electrons. The maximum Gasteiger partial charge on any atom is 0.0598 e. The number of unbranched alkanes of at least 4 members (excludes halogenated alkanes) is 6. The van der Waals surface area contributed by atoms with E-state index in [1.54, 1.807) is 0 Å². The van der Waals surface area contributed by atoms with Crippen molar-refractivity contribution in [2.75, 3.05) is 18.1 Å². The molecule has 0 saturated carbocycles. The summed E-state index contributed by atoms with van der Waals surface area (Å²) in [6.45, 7) is 14.3. The van der Waals surface area contributed by atoms with Crippen LogP contribution in [0.25, 0.3) is 0 Å².